The monoisotopic (exact) mass is 236 g/mol. The summed E-state index contributed by atoms with van der Waals surface area (Å²) < 4.78 is 4.57. The third-order valence-corrected chi connectivity index (χ3v) is 2.98. The number of methoxy groups -OCH3 is 1. The van der Waals surface area contributed by atoms with Crippen molar-refractivity contribution >= 4 is 11.8 Å². The van der Waals surface area contributed by atoms with E-state index in [1.165, 1.54) is 13.3 Å². The number of carbonyl (C=O) groups is 1. The van der Waals surface area contributed by atoms with Gasteiger partial charge >= 0.3 is 5.97 Å². The Kier molecular flexibility index (Phi) is 3.53. The molecule has 0 saturated carbocycles. The second kappa shape index (κ2) is 5.09. The summed E-state index contributed by atoms with van der Waals surface area (Å²) in [5.74, 6) is 0.298. The molecule has 1 unspecified atom stereocenters. The Bertz CT molecular complexity index is 393. The van der Waals surface area contributed by atoms with E-state index in [2.05, 4.69) is 19.6 Å². The van der Waals surface area contributed by atoms with E-state index in [1.807, 2.05) is 0 Å². The second-order valence-electron chi connectivity index (χ2n) is 3.98. The molecule has 0 bridgehead atoms. The van der Waals surface area contributed by atoms with Gasteiger partial charge in [0.2, 0.25) is 0 Å². The molecule has 1 aliphatic rings. The van der Waals surface area contributed by atoms with Crippen molar-refractivity contribution in [3.8, 4) is 0 Å². The molecule has 0 spiro atoms. The van der Waals surface area contributed by atoms with Crippen molar-refractivity contribution in [3.63, 3.8) is 0 Å². The van der Waals surface area contributed by atoms with E-state index in [4.69, 9.17) is 5.73 Å². The van der Waals surface area contributed by atoms with Gasteiger partial charge in [0.05, 0.1) is 19.5 Å². The first-order valence-corrected chi connectivity index (χ1v) is 5.63. The average Bonchev–Trinajstić information content (AvgIpc) is 2.86. The van der Waals surface area contributed by atoms with Crippen LogP contribution in [0.15, 0.2) is 12.4 Å². The van der Waals surface area contributed by atoms with Crippen molar-refractivity contribution in [2.45, 2.75) is 18.9 Å². The fourth-order valence-corrected chi connectivity index (χ4v) is 2.06. The molecule has 0 aliphatic carbocycles. The molecule has 92 valence electrons. The van der Waals surface area contributed by atoms with Crippen LogP contribution in [0.25, 0.3) is 0 Å². The van der Waals surface area contributed by atoms with Crippen LogP contribution in [-0.4, -0.2) is 42.2 Å². The highest BCUT2D eigenvalue weighted by Gasteiger charge is 2.24. The van der Waals surface area contributed by atoms with E-state index in [-0.39, 0.29) is 5.69 Å². The number of ether oxygens (including phenoxy) is 1. The zero-order valence-electron chi connectivity index (χ0n) is 9.80. The van der Waals surface area contributed by atoms with Crippen molar-refractivity contribution < 1.29 is 9.53 Å². The zero-order valence-corrected chi connectivity index (χ0v) is 9.80. The fraction of sp³-hybridized carbons (Fsp3) is 0.545. The summed E-state index contributed by atoms with van der Waals surface area (Å²) in [6.07, 6.45) is 5.23. The minimum Gasteiger partial charge on any atom is -0.464 e. The molecule has 0 aromatic carbocycles. The van der Waals surface area contributed by atoms with Crippen LogP contribution in [0.3, 0.4) is 0 Å². The Morgan fingerprint density at radius 3 is 3.00 bits per heavy atom. The lowest BCUT2D eigenvalue weighted by atomic mass is 10.2. The molecule has 1 atom stereocenters. The smallest absolute Gasteiger partial charge is 0.358 e. The predicted molar refractivity (Wildman–Crippen MR) is 62.8 cm³/mol. The van der Waals surface area contributed by atoms with Crippen molar-refractivity contribution in [2.75, 3.05) is 25.1 Å². The van der Waals surface area contributed by atoms with Crippen molar-refractivity contribution in [1.82, 2.24) is 9.97 Å². The van der Waals surface area contributed by atoms with Crippen LogP contribution in [0.5, 0.6) is 0 Å². The summed E-state index contributed by atoms with van der Waals surface area (Å²) in [7, 11) is 1.32. The number of rotatable bonds is 3. The maximum absolute atomic E-state index is 11.2. The van der Waals surface area contributed by atoms with Crippen LogP contribution in [0.4, 0.5) is 5.82 Å². The fourth-order valence-electron chi connectivity index (χ4n) is 2.06. The Morgan fingerprint density at radius 2 is 2.41 bits per heavy atom. The summed E-state index contributed by atoms with van der Waals surface area (Å²) in [6.45, 7) is 1.55. The van der Waals surface area contributed by atoms with E-state index in [1.54, 1.807) is 6.20 Å². The van der Waals surface area contributed by atoms with Crippen LogP contribution in [-0.2, 0) is 4.74 Å². The lowest BCUT2D eigenvalue weighted by Gasteiger charge is -2.23. The highest BCUT2D eigenvalue weighted by atomic mass is 16.5. The standard InChI is InChI=1S/C11H16N4O2/c1-17-11(16)9-6-14-10(7-13-9)15-4-2-3-8(15)5-12/h6-8H,2-5,12H2,1H3. The van der Waals surface area contributed by atoms with E-state index in [0.717, 1.165) is 25.2 Å². The van der Waals surface area contributed by atoms with Crippen molar-refractivity contribution in [1.29, 1.82) is 0 Å². The maximum Gasteiger partial charge on any atom is 0.358 e. The average molecular weight is 236 g/mol. The van der Waals surface area contributed by atoms with Crippen molar-refractivity contribution in [2.24, 2.45) is 5.73 Å². The Labute approximate surface area is 99.8 Å². The van der Waals surface area contributed by atoms with Crippen LogP contribution >= 0.6 is 0 Å². The molecule has 0 amide bonds. The minimum atomic E-state index is -0.471. The number of anilines is 1. The van der Waals surface area contributed by atoms with Gasteiger partial charge in [-0.05, 0) is 12.8 Å². The number of nitrogens with zero attached hydrogens (tertiary/aromatic N) is 3. The molecule has 0 radical (unpaired) electrons. The lowest BCUT2D eigenvalue weighted by molar-refractivity contribution is 0.0593. The first-order valence-electron chi connectivity index (χ1n) is 5.63. The number of esters is 1. The zero-order chi connectivity index (χ0) is 12.3. The second-order valence-corrected chi connectivity index (χ2v) is 3.98. The summed E-state index contributed by atoms with van der Waals surface area (Å²) in [5, 5.41) is 0. The van der Waals surface area contributed by atoms with Gasteiger partial charge in [-0.25, -0.2) is 14.8 Å². The van der Waals surface area contributed by atoms with Crippen molar-refractivity contribution in [3.05, 3.63) is 18.1 Å². The van der Waals surface area contributed by atoms with Crippen LogP contribution < -0.4 is 10.6 Å². The van der Waals surface area contributed by atoms with E-state index in [9.17, 15) is 4.79 Å². The van der Waals surface area contributed by atoms with Gasteiger partial charge in [-0.15, -0.1) is 0 Å². The van der Waals surface area contributed by atoms with Gasteiger partial charge in [0.1, 0.15) is 5.82 Å². The number of carbonyl (C=O) groups excluding carboxylic acids is 1. The Hall–Kier alpha value is -1.69. The summed E-state index contributed by atoms with van der Waals surface area (Å²) in [4.78, 5) is 21.6. The molecule has 2 N–H and O–H groups in total. The molecule has 17 heavy (non-hydrogen) atoms. The molecule has 2 heterocycles. The van der Waals surface area contributed by atoms with Gasteiger partial charge < -0.3 is 15.4 Å². The highest BCUT2D eigenvalue weighted by molar-refractivity contribution is 5.86. The lowest BCUT2D eigenvalue weighted by Crippen LogP contribution is -2.36. The largest absolute Gasteiger partial charge is 0.464 e. The molecule has 1 aromatic heterocycles. The molecular weight excluding hydrogens is 220 g/mol. The Morgan fingerprint density at radius 1 is 1.59 bits per heavy atom. The first kappa shape index (κ1) is 11.8. The molecule has 6 nitrogen and oxygen atoms in total. The van der Waals surface area contributed by atoms with Gasteiger partial charge in [-0.1, -0.05) is 0 Å². The number of hydrogen-bond donors (Lipinski definition) is 1. The minimum absolute atomic E-state index is 0.222. The van der Waals surface area contributed by atoms with Crippen LogP contribution in [0.1, 0.15) is 23.3 Å². The quantitative estimate of drug-likeness (QED) is 0.754. The third kappa shape index (κ3) is 2.36. The van der Waals surface area contributed by atoms with Gasteiger partial charge in [0.25, 0.3) is 0 Å². The molecule has 1 aromatic rings. The molecule has 1 fully saturated rings. The Balaban J connectivity index is 2.15. The first-order chi connectivity index (χ1) is 8.26. The predicted octanol–water partition coefficient (Wildman–Crippen LogP) is 0.191. The molecular formula is C11H16N4O2. The SMILES string of the molecule is COC(=O)c1cnc(N2CCCC2CN)cn1. The normalized spacial score (nSPS) is 19.4. The summed E-state index contributed by atoms with van der Waals surface area (Å²) in [6, 6.07) is 0.327. The topological polar surface area (TPSA) is 81.3 Å². The van der Waals surface area contributed by atoms with Gasteiger partial charge in [-0.2, -0.15) is 0 Å². The summed E-state index contributed by atoms with van der Waals surface area (Å²) in [5.41, 5.74) is 5.92. The molecule has 2 rings (SSSR count). The summed E-state index contributed by atoms with van der Waals surface area (Å²) >= 11 is 0. The molecule has 6 heteroatoms. The van der Waals surface area contributed by atoms with Crippen LogP contribution in [0, 0.1) is 0 Å². The van der Waals surface area contributed by atoms with Gasteiger partial charge in [0.15, 0.2) is 5.69 Å². The molecule has 1 aliphatic heterocycles. The van der Waals surface area contributed by atoms with Gasteiger partial charge in [0, 0.05) is 19.1 Å². The maximum atomic E-state index is 11.2. The van der Waals surface area contributed by atoms with E-state index in [0.29, 0.717) is 12.6 Å². The highest BCUT2D eigenvalue weighted by Crippen LogP contribution is 2.22. The molecule has 1 saturated heterocycles. The van der Waals surface area contributed by atoms with Crippen LogP contribution in [0.2, 0.25) is 0 Å². The van der Waals surface area contributed by atoms with E-state index >= 15 is 0 Å². The van der Waals surface area contributed by atoms with E-state index < -0.39 is 5.97 Å². The number of nitrogens with two attached hydrogens (primary N) is 1. The number of hydrogen-bond acceptors (Lipinski definition) is 6. The number of aromatic nitrogens is 2. The third-order valence-electron chi connectivity index (χ3n) is 2.98. The van der Waals surface area contributed by atoms with Gasteiger partial charge in [-0.3, -0.25) is 0 Å².